The fraction of sp³-hybridized carbons (Fsp3) is 0.0833. The Balaban J connectivity index is 1.46. The number of hydrogen-bond donors (Lipinski definition) is 2. The Morgan fingerprint density at radius 3 is 2.30 bits per heavy atom. The second-order valence-corrected chi connectivity index (χ2v) is 6.97. The summed E-state index contributed by atoms with van der Waals surface area (Å²) in [6, 6.07) is 24.6. The first-order valence-corrected chi connectivity index (χ1v) is 9.60. The Hall–Kier alpha value is -4.06. The number of para-hydroxylation sites is 3. The molecule has 2 N–H and O–H groups in total. The molecule has 1 aromatic heterocycles. The van der Waals surface area contributed by atoms with E-state index in [0.29, 0.717) is 17.3 Å². The van der Waals surface area contributed by atoms with Crippen LogP contribution in [0, 0.1) is 0 Å². The minimum atomic E-state index is -0.488. The lowest BCUT2D eigenvalue weighted by Crippen LogP contribution is -2.25. The summed E-state index contributed by atoms with van der Waals surface area (Å²) >= 11 is 0. The van der Waals surface area contributed by atoms with E-state index in [1.807, 2.05) is 72.8 Å². The molecule has 0 saturated heterocycles. The van der Waals surface area contributed by atoms with Crippen molar-refractivity contribution >= 4 is 11.7 Å². The van der Waals surface area contributed by atoms with Gasteiger partial charge in [-0.15, -0.1) is 0 Å². The Morgan fingerprint density at radius 1 is 0.967 bits per heavy atom. The topological polar surface area (TPSA) is 76.2 Å². The van der Waals surface area contributed by atoms with Gasteiger partial charge in [-0.2, -0.15) is 5.10 Å². The van der Waals surface area contributed by atoms with Crippen LogP contribution in [-0.2, 0) is 4.79 Å². The molecule has 0 aliphatic carbocycles. The first-order valence-electron chi connectivity index (χ1n) is 9.60. The average molecular weight is 397 g/mol. The van der Waals surface area contributed by atoms with Gasteiger partial charge in [0.05, 0.1) is 18.7 Å². The number of anilines is 1. The first-order chi connectivity index (χ1) is 14.7. The van der Waals surface area contributed by atoms with E-state index in [1.165, 1.54) is 0 Å². The van der Waals surface area contributed by atoms with Crippen molar-refractivity contribution in [2.24, 2.45) is 0 Å². The highest BCUT2D eigenvalue weighted by Crippen LogP contribution is 2.44. The normalized spacial score (nSPS) is 12.4. The molecule has 5 rings (SSSR count). The third-order valence-corrected chi connectivity index (χ3v) is 5.17. The predicted molar refractivity (Wildman–Crippen MR) is 114 cm³/mol. The van der Waals surface area contributed by atoms with E-state index in [0.717, 1.165) is 28.1 Å². The van der Waals surface area contributed by atoms with Crippen LogP contribution in [0.4, 0.5) is 5.82 Å². The molecule has 2 heterocycles. The number of aromatic amines is 1. The summed E-state index contributed by atoms with van der Waals surface area (Å²) in [5, 5.41) is 10.2. The molecule has 148 valence electrons. The highest BCUT2D eigenvalue weighted by Gasteiger charge is 2.32. The van der Waals surface area contributed by atoms with Crippen molar-refractivity contribution < 1.29 is 14.3 Å². The second-order valence-electron chi connectivity index (χ2n) is 6.97. The zero-order valence-electron chi connectivity index (χ0n) is 16.3. The summed E-state index contributed by atoms with van der Waals surface area (Å²) in [5.41, 5.74) is 3.29. The van der Waals surface area contributed by atoms with Crippen LogP contribution in [0.5, 0.6) is 17.2 Å². The molecule has 0 unspecified atom stereocenters. The number of nitrogens with zero attached hydrogens (tertiary/aromatic N) is 1. The van der Waals surface area contributed by atoms with Crippen LogP contribution in [-0.4, -0.2) is 23.2 Å². The summed E-state index contributed by atoms with van der Waals surface area (Å²) < 4.78 is 11.4. The van der Waals surface area contributed by atoms with Gasteiger partial charge in [-0.3, -0.25) is 9.89 Å². The average Bonchev–Trinajstić information content (AvgIpc) is 3.25. The third kappa shape index (κ3) is 3.08. The maximum absolute atomic E-state index is 13.3. The molecular formula is C24H19N3O3. The van der Waals surface area contributed by atoms with Gasteiger partial charge in [-0.1, -0.05) is 48.5 Å². The van der Waals surface area contributed by atoms with Gasteiger partial charge in [0.1, 0.15) is 17.2 Å². The van der Waals surface area contributed by atoms with Crippen molar-refractivity contribution in [2.45, 2.75) is 5.92 Å². The molecule has 1 amide bonds. The van der Waals surface area contributed by atoms with Gasteiger partial charge in [0.15, 0.2) is 5.82 Å². The van der Waals surface area contributed by atoms with Gasteiger partial charge >= 0.3 is 0 Å². The molecule has 30 heavy (non-hydrogen) atoms. The van der Waals surface area contributed by atoms with Crippen LogP contribution >= 0.6 is 0 Å². The quantitative estimate of drug-likeness (QED) is 0.510. The van der Waals surface area contributed by atoms with Crippen molar-refractivity contribution in [3.05, 3.63) is 90.0 Å². The molecule has 1 aliphatic rings. The highest BCUT2D eigenvalue weighted by atomic mass is 16.5. The van der Waals surface area contributed by atoms with E-state index in [9.17, 15) is 4.79 Å². The van der Waals surface area contributed by atoms with Crippen LogP contribution in [0.2, 0.25) is 0 Å². The standard InChI is InChI=1S/C24H19N3O3/c1-29-19-11-5-2-8-15(19)18-14-22(27-26-18)25-24(28)23-16-9-3-6-12-20(16)30-21-13-7-4-10-17(21)23/h2-14,23H,1H3,(H2,25,26,27,28). The number of hydrogen-bond acceptors (Lipinski definition) is 4. The molecule has 0 saturated carbocycles. The largest absolute Gasteiger partial charge is 0.496 e. The summed E-state index contributed by atoms with van der Waals surface area (Å²) in [4.78, 5) is 13.3. The number of ether oxygens (including phenoxy) is 2. The molecular weight excluding hydrogens is 378 g/mol. The lowest BCUT2D eigenvalue weighted by Gasteiger charge is -2.27. The number of carbonyl (C=O) groups excluding carboxylic acids is 1. The molecule has 6 heteroatoms. The summed E-state index contributed by atoms with van der Waals surface area (Å²) in [7, 11) is 1.62. The Kier molecular flexibility index (Phi) is 4.44. The molecule has 0 spiro atoms. The zero-order valence-corrected chi connectivity index (χ0v) is 16.3. The monoisotopic (exact) mass is 397 g/mol. The van der Waals surface area contributed by atoms with Crippen molar-refractivity contribution in [3.8, 4) is 28.5 Å². The number of nitrogens with one attached hydrogen (secondary N) is 2. The minimum absolute atomic E-state index is 0.170. The molecule has 0 atom stereocenters. The van der Waals surface area contributed by atoms with E-state index >= 15 is 0 Å². The Morgan fingerprint density at radius 2 is 1.60 bits per heavy atom. The van der Waals surface area contributed by atoms with Crippen LogP contribution < -0.4 is 14.8 Å². The summed E-state index contributed by atoms with van der Waals surface area (Å²) in [6.45, 7) is 0. The predicted octanol–water partition coefficient (Wildman–Crippen LogP) is 4.96. The number of H-pyrrole nitrogens is 1. The zero-order chi connectivity index (χ0) is 20.5. The van der Waals surface area contributed by atoms with E-state index in [1.54, 1.807) is 13.2 Å². The fourth-order valence-electron chi connectivity index (χ4n) is 3.78. The van der Waals surface area contributed by atoms with Crippen LogP contribution in [0.3, 0.4) is 0 Å². The molecule has 6 nitrogen and oxygen atoms in total. The van der Waals surface area contributed by atoms with Crippen LogP contribution in [0.1, 0.15) is 17.0 Å². The SMILES string of the molecule is COc1ccccc1-c1cc(NC(=O)C2c3ccccc3Oc3ccccc32)n[nH]1. The second kappa shape index (κ2) is 7.40. The number of fused-ring (bicyclic) bond motifs is 2. The number of methoxy groups -OCH3 is 1. The third-order valence-electron chi connectivity index (χ3n) is 5.17. The van der Waals surface area contributed by atoms with E-state index in [4.69, 9.17) is 9.47 Å². The highest BCUT2D eigenvalue weighted by molar-refractivity contribution is 5.99. The van der Waals surface area contributed by atoms with Crippen LogP contribution in [0.25, 0.3) is 11.3 Å². The molecule has 0 bridgehead atoms. The first kappa shape index (κ1) is 18.0. The van der Waals surface area contributed by atoms with Crippen molar-refractivity contribution in [2.75, 3.05) is 12.4 Å². The number of amides is 1. The minimum Gasteiger partial charge on any atom is -0.496 e. The Labute approximate surface area is 173 Å². The summed E-state index contributed by atoms with van der Waals surface area (Å²) in [5.74, 6) is 1.89. The van der Waals surface area contributed by atoms with Gasteiger partial charge < -0.3 is 14.8 Å². The summed E-state index contributed by atoms with van der Waals surface area (Å²) in [6.07, 6.45) is 0. The van der Waals surface area contributed by atoms with Gasteiger partial charge in [0.25, 0.3) is 0 Å². The van der Waals surface area contributed by atoms with E-state index < -0.39 is 5.92 Å². The van der Waals surface area contributed by atoms with Crippen LogP contribution in [0.15, 0.2) is 78.9 Å². The van der Waals surface area contributed by atoms with E-state index in [-0.39, 0.29) is 5.91 Å². The van der Waals surface area contributed by atoms with Gasteiger partial charge in [0, 0.05) is 22.8 Å². The molecule has 0 radical (unpaired) electrons. The van der Waals surface area contributed by atoms with Crippen molar-refractivity contribution in [1.29, 1.82) is 0 Å². The molecule has 0 fully saturated rings. The lowest BCUT2D eigenvalue weighted by molar-refractivity contribution is -0.116. The molecule has 4 aromatic rings. The number of benzene rings is 3. The van der Waals surface area contributed by atoms with Crippen molar-refractivity contribution in [3.63, 3.8) is 0 Å². The number of rotatable bonds is 4. The van der Waals surface area contributed by atoms with Gasteiger partial charge in [-0.25, -0.2) is 0 Å². The fourth-order valence-corrected chi connectivity index (χ4v) is 3.78. The maximum Gasteiger partial charge on any atom is 0.237 e. The molecule has 1 aliphatic heterocycles. The van der Waals surface area contributed by atoms with E-state index in [2.05, 4.69) is 15.5 Å². The van der Waals surface area contributed by atoms with Crippen molar-refractivity contribution in [1.82, 2.24) is 10.2 Å². The number of aromatic nitrogens is 2. The number of carbonyl (C=O) groups is 1. The van der Waals surface area contributed by atoms with Gasteiger partial charge in [0.2, 0.25) is 5.91 Å². The van der Waals surface area contributed by atoms with Gasteiger partial charge in [-0.05, 0) is 24.3 Å². The smallest absolute Gasteiger partial charge is 0.237 e. The molecule has 3 aromatic carbocycles. The lowest BCUT2D eigenvalue weighted by atomic mass is 9.87. The maximum atomic E-state index is 13.3. The Bertz CT molecular complexity index is 1190.